The van der Waals surface area contributed by atoms with Gasteiger partial charge in [0, 0.05) is 24.1 Å². The van der Waals surface area contributed by atoms with Crippen LogP contribution in [0, 0.1) is 19.7 Å². The molecule has 2 N–H and O–H groups in total. The van der Waals surface area contributed by atoms with Crippen molar-refractivity contribution in [3.63, 3.8) is 0 Å². The van der Waals surface area contributed by atoms with Gasteiger partial charge in [-0.25, -0.2) is 14.2 Å². The first-order valence-corrected chi connectivity index (χ1v) is 13.2. The first kappa shape index (κ1) is 30.5. The Labute approximate surface area is 224 Å². The van der Waals surface area contributed by atoms with E-state index in [4.69, 9.17) is 10.1 Å². The first-order valence-electron chi connectivity index (χ1n) is 13.2. The zero-order valence-corrected chi connectivity index (χ0v) is 23.6. The van der Waals surface area contributed by atoms with Gasteiger partial charge in [-0.15, -0.1) is 0 Å². The molecule has 5 rings (SSSR count). The molecule has 0 amide bonds. The van der Waals surface area contributed by atoms with Crippen molar-refractivity contribution in [2.24, 2.45) is 0 Å². The second-order valence-corrected chi connectivity index (χ2v) is 8.96. The van der Waals surface area contributed by atoms with E-state index < -0.39 is 6.16 Å². The standard InChI is InChI=1S/C22H19FN2O4.C3H7N.C3H8.C2H6/c1-10-6-18-20-14(8-25(18)21(26)15(10)9-29-22(27)28)13-5-3-4-12-11(2)16(23)7-17(24-20)19(12)13;1-3-4-2;1-3-2;1-2/h6-7H,3-5,8-9H2,1-2H3,(H,27,28);3-4H,1H2,2H3;3H2,1-2H3;1-2H3. The van der Waals surface area contributed by atoms with Crippen molar-refractivity contribution in [2.45, 2.75) is 80.4 Å². The number of nitrogens with zero attached hydrogens (tertiary/aromatic N) is 2. The maximum Gasteiger partial charge on any atom is 0.506 e. The van der Waals surface area contributed by atoms with Gasteiger partial charge in [0.15, 0.2) is 0 Å². The Morgan fingerprint density at radius 3 is 2.39 bits per heavy atom. The molecule has 2 aromatic heterocycles. The molecule has 2 aliphatic rings. The average Bonchev–Trinajstić information content (AvgIpc) is 3.27. The van der Waals surface area contributed by atoms with Crippen LogP contribution in [-0.2, 0) is 30.7 Å². The third-order valence-electron chi connectivity index (χ3n) is 6.40. The van der Waals surface area contributed by atoms with Crippen molar-refractivity contribution in [3.05, 3.63) is 74.5 Å². The van der Waals surface area contributed by atoms with Gasteiger partial charge in [-0.05, 0) is 67.6 Å². The highest BCUT2D eigenvalue weighted by molar-refractivity contribution is 5.92. The smallest absolute Gasteiger partial charge is 0.450 e. The lowest BCUT2D eigenvalue weighted by atomic mass is 9.85. The zero-order valence-electron chi connectivity index (χ0n) is 23.6. The van der Waals surface area contributed by atoms with Gasteiger partial charge in [-0.1, -0.05) is 40.7 Å². The van der Waals surface area contributed by atoms with Crippen LogP contribution in [0.4, 0.5) is 9.18 Å². The van der Waals surface area contributed by atoms with Crippen molar-refractivity contribution in [1.82, 2.24) is 14.9 Å². The number of pyridine rings is 2. The minimum absolute atomic E-state index is 0.250. The molecule has 0 atom stereocenters. The summed E-state index contributed by atoms with van der Waals surface area (Å²) in [4.78, 5) is 28.6. The molecule has 1 aliphatic carbocycles. The number of nitrogens with one attached hydrogen (secondary N) is 1. The van der Waals surface area contributed by atoms with E-state index in [1.54, 1.807) is 17.7 Å². The molecular weight excluding hydrogens is 485 g/mol. The van der Waals surface area contributed by atoms with E-state index in [1.165, 1.54) is 12.5 Å². The van der Waals surface area contributed by atoms with E-state index in [9.17, 15) is 14.0 Å². The minimum Gasteiger partial charge on any atom is -0.450 e. The minimum atomic E-state index is -1.42. The fourth-order valence-electron chi connectivity index (χ4n) is 4.74. The Kier molecular flexibility index (Phi) is 11.0. The van der Waals surface area contributed by atoms with Crippen LogP contribution in [0.2, 0.25) is 0 Å². The number of halogens is 1. The quantitative estimate of drug-likeness (QED) is 0.291. The number of rotatable bonds is 3. The molecule has 3 aromatic rings. The van der Waals surface area contributed by atoms with E-state index in [0.29, 0.717) is 34.4 Å². The number of carbonyl (C=O) groups is 1. The third kappa shape index (κ3) is 6.06. The van der Waals surface area contributed by atoms with Gasteiger partial charge >= 0.3 is 6.16 Å². The Morgan fingerprint density at radius 1 is 1.21 bits per heavy atom. The second kappa shape index (κ2) is 13.7. The highest BCUT2D eigenvalue weighted by Crippen LogP contribution is 2.41. The maximum absolute atomic E-state index is 14.5. The summed E-state index contributed by atoms with van der Waals surface area (Å²) in [6.07, 6.45) is 4.09. The fourth-order valence-corrected chi connectivity index (χ4v) is 4.74. The molecule has 1 aliphatic heterocycles. The van der Waals surface area contributed by atoms with Gasteiger partial charge in [0.2, 0.25) is 0 Å². The molecule has 8 heteroatoms. The molecule has 0 saturated heterocycles. The van der Waals surface area contributed by atoms with Crippen LogP contribution >= 0.6 is 0 Å². The number of ether oxygens (including phenoxy) is 1. The molecule has 0 bridgehead atoms. The number of hydrogen-bond acceptors (Lipinski definition) is 5. The topological polar surface area (TPSA) is 93.5 Å². The van der Waals surface area contributed by atoms with E-state index in [-0.39, 0.29) is 18.0 Å². The molecule has 206 valence electrons. The summed E-state index contributed by atoms with van der Waals surface area (Å²) < 4.78 is 20.7. The van der Waals surface area contributed by atoms with Gasteiger partial charge in [0.05, 0.1) is 29.0 Å². The predicted molar refractivity (Wildman–Crippen MR) is 151 cm³/mol. The van der Waals surface area contributed by atoms with Crippen LogP contribution in [0.25, 0.3) is 22.3 Å². The second-order valence-electron chi connectivity index (χ2n) is 8.96. The summed E-state index contributed by atoms with van der Waals surface area (Å²) in [5, 5.41) is 12.5. The number of hydrogen-bond donors (Lipinski definition) is 2. The Hall–Kier alpha value is -3.68. The lowest BCUT2D eigenvalue weighted by molar-refractivity contribution is 0.0848. The average molecular weight is 526 g/mol. The molecule has 0 unspecified atom stereocenters. The largest absolute Gasteiger partial charge is 0.506 e. The van der Waals surface area contributed by atoms with E-state index in [0.717, 1.165) is 47.0 Å². The number of benzene rings is 1. The molecule has 0 saturated carbocycles. The summed E-state index contributed by atoms with van der Waals surface area (Å²) in [5.74, 6) is -0.250. The monoisotopic (exact) mass is 525 g/mol. The summed E-state index contributed by atoms with van der Waals surface area (Å²) in [7, 11) is 1.81. The van der Waals surface area contributed by atoms with Gasteiger partial charge in [-0.2, -0.15) is 0 Å². The molecule has 1 aromatic carbocycles. The van der Waals surface area contributed by atoms with Gasteiger partial charge in [-0.3, -0.25) is 4.79 Å². The van der Waals surface area contributed by atoms with Crippen LogP contribution in [0.1, 0.15) is 73.9 Å². The van der Waals surface area contributed by atoms with E-state index in [2.05, 4.69) is 30.5 Å². The highest BCUT2D eigenvalue weighted by atomic mass is 19.1. The molecule has 38 heavy (non-hydrogen) atoms. The highest BCUT2D eigenvalue weighted by Gasteiger charge is 2.30. The van der Waals surface area contributed by atoms with Crippen LogP contribution < -0.4 is 10.9 Å². The summed E-state index contributed by atoms with van der Waals surface area (Å²) in [5.41, 5.74) is 6.61. The lowest BCUT2D eigenvalue weighted by Gasteiger charge is -2.21. The summed E-state index contributed by atoms with van der Waals surface area (Å²) in [6.45, 7) is 15.3. The lowest BCUT2D eigenvalue weighted by Crippen LogP contribution is -2.25. The predicted octanol–water partition coefficient (Wildman–Crippen LogP) is 6.66. The Balaban J connectivity index is 0.000000499. The van der Waals surface area contributed by atoms with Crippen LogP contribution in [0.3, 0.4) is 0 Å². The molecule has 7 nitrogen and oxygen atoms in total. The van der Waals surface area contributed by atoms with Crippen molar-refractivity contribution in [3.8, 4) is 11.4 Å². The molecular formula is C30H40FN3O4. The maximum atomic E-state index is 14.5. The van der Waals surface area contributed by atoms with E-state index >= 15 is 0 Å². The zero-order chi connectivity index (χ0) is 28.6. The SMILES string of the molecule is C=CNC.CC.CCC.Cc1cc2n(c(=O)c1COC(=O)O)Cc1c-2nc2cc(F)c(C)c3c2c1CCC3. The van der Waals surface area contributed by atoms with Gasteiger partial charge in [0.1, 0.15) is 12.4 Å². The van der Waals surface area contributed by atoms with Crippen molar-refractivity contribution in [1.29, 1.82) is 0 Å². The van der Waals surface area contributed by atoms with Crippen molar-refractivity contribution in [2.75, 3.05) is 7.05 Å². The van der Waals surface area contributed by atoms with Crippen LogP contribution in [-0.4, -0.2) is 27.9 Å². The fraction of sp³-hybridized carbons (Fsp3) is 0.433. The van der Waals surface area contributed by atoms with Crippen molar-refractivity contribution < 1.29 is 19.0 Å². The van der Waals surface area contributed by atoms with Gasteiger partial charge < -0.3 is 19.7 Å². The van der Waals surface area contributed by atoms with Crippen LogP contribution in [0.15, 0.2) is 29.7 Å². The normalized spacial score (nSPS) is 11.9. The third-order valence-corrected chi connectivity index (χ3v) is 6.40. The first-order chi connectivity index (χ1) is 18.2. The molecule has 0 radical (unpaired) electrons. The molecule has 3 heterocycles. The molecule has 0 spiro atoms. The van der Waals surface area contributed by atoms with Crippen LogP contribution in [0.5, 0.6) is 0 Å². The Bertz CT molecular complexity index is 1380. The number of carboxylic acid groups (broad SMARTS) is 1. The number of aromatic nitrogens is 2. The Morgan fingerprint density at radius 2 is 1.82 bits per heavy atom. The summed E-state index contributed by atoms with van der Waals surface area (Å²) in [6, 6.07) is 3.33. The summed E-state index contributed by atoms with van der Waals surface area (Å²) >= 11 is 0. The number of aryl methyl sites for hydroxylation is 3. The van der Waals surface area contributed by atoms with Gasteiger partial charge in [0.25, 0.3) is 5.56 Å². The van der Waals surface area contributed by atoms with E-state index in [1.807, 2.05) is 33.9 Å². The van der Waals surface area contributed by atoms with Crippen molar-refractivity contribution >= 4 is 17.1 Å². The number of fused-ring (bicyclic) bond motifs is 4. The molecule has 0 fully saturated rings.